The molecule has 2 aliphatic rings. The molecular weight excluding hydrogens is 271 g/mol. The van der Waals surface area contributed by atoms with Crippen LogP contribution in [0.3, 0.4) is 0 Å². The molecule has 0 bridgehead atoms. The molecule has 2 aromatic rings. The highest BCUT2D eigenvalue weighted by atomic mass is 19.1. The third-order valence-electron chi connectivity index (χ3n) is 4.50. The quantitative estimate of drug-likeness (QED) is 0.870. The van der Waals surface area contributed by atoms with Crippen molar-refractivity contribution in [2.75, 3.05) is 13.2 Å². The lowest BCUT2D eigenvalue weighted by atomic mass is 9.74. The molecule has 1 aliphatic carbocycles. The van der Waals surface area contributed by atoms with Gasteiger partial charge in [0.25, 0.3) is 0 Å². The molecule has 2 fully saturated rings. The molecule has 4 rings (SSSR count). The molecule has 4 nitrogen and oxygen atoms in total. The average molecular weight is 288 g/mol. The van der Waals surface area contributed by atoms with Gasteiger partial charge in [-0.15, -0.1) is 10.2 Å². The molecule has 1 saturated carbocycles. The summed E-state index contributed by atoms with van der Waals surface area (Å²) in [5.74, 6) is 1.53. The lowest BCUT2D eigenvalue weighted by molar-refractivity contribution is 0.0539. The van der Waals surface area contributed by atoms with Crippen LogP contribution in [0.15, 0.2) is 28.7 Å². The zero-order chi connectivity index (χ0) is 14.3. The molecule has 1 aromatic heterocycles. The Hall–Kier alpha value is -1.75. The zero-order valence-electron chi connectivity index (χ0n) is 11.7. The van der Waals surface area contributed by atoms with Gasteiger partial charge in [0.05, 0.1) is 5.41 Å². The highest BCUT2D eigenvalue weighted by molar-refractivity contribution is 5.33. The van der Waals surface area contributed by atoms with Crippen molar-refractivity contribution in [3.05, 3.63) is 47.4 Å². The van der Waals surface area contributed by atoms with Crippen LogP contribution in [0.5, 0.6) is 0 Å². The zero-order valence-corrected chi connectivity index (χ0v) is 11.7. The molecule has 0 spiro atoms. The van der Waals surface area contributed by atoms with E-state index in [1.165, 1.54) is 6.07 Å². The molecule has 5 heteroatoms. The Morgan fingerprint density at radius 3 is 2.67 bits per heavy atom. The van der Waals surface area contributed by atoms with Gasteiger partial charge < -0.3 is 9.15 Å². The van der Waals surface area contributed by atoms with Crippen molar-refractivity contribution in [3.8, 4) is 0 Å². The molecule has 21 heavy (non-hydrogen) atoms. The third-order valence-corrected chi connectivity index (χ3v) is 4.50. The fourth-order valence-corrected chi connectivity index (χ4v) is 3.06. The van der Waals surface area contributed by atoms with Gasteiger partial charge in [-0.05, 0) is 43.4 Å². The molecule has 110 valence electrons. The van der Waals surface area contributed by atoms with E-state index in [4.69, 9.17) is 9.15 Å². The first-order valence-electron chi connectivity index (χ1n) is 7.46. The van der Waals surface area contributed by atoms with Crippen LogP contribution in [-0.4, -0.2) is 23.4 Å². The molecule has 0 N–H and O–H groups in total. The molecular formula is C16H17FN2O2. The van der Waals surface area contributed by atoms with Crippen molar-refractivity contribution in [2.24, 2.45) is 0 Å². The Morgan fingerprint density at radius 2 is 1.95 bits per heavy atom. The minimum atomic E-state index is -0.416. The van der Waals surface area contributed by atoms with Crippen molar-refractivity contribution in [1.29, 1.82) is 0 Å². The van der Waals surface area contributed by atoms with Gasteiger partial charge in [0.1, 0.15) is 5.82 Å². The number of ether oxygens (including phenoxy) is 1. The summed E-state index contributed by atoms with van der Waals surface area (Å²) in [5.41, 5.74) is 0.484. The topological polar surface area (TPSA) is 48.2 Å². The second kappa shape index (κ2) is 4.91. The maximum Gasteiger partial charge on any atom is 0.227 e. The fraction of sp³-hybridized carbons (Fsp3) is 0.500. The van der Waals surface area contributed by atoms with E-state index in [0.29, 0.717) is 25.0 Å². The van der Waals surface area contributed by atoms with Crippen LogP contribution in [0.4, 0.5) is 4.39 Å². The molecule has 2 heterocycles. The van der Waals surface area contributed by atoms with Gasteiger partial charge in [0, 0.05) is 19.1 Å². The van der Waals surface area contributed by atoms with E-state index in [0.717, 1.165) is 37.1 Å². The predicted molar refractivity (Wildman–Crippen MR) is 73.5 cm³/mol. The summed E-state index contributed by atoms with van der Waals surface area (Å²) in [7, 11) is 0. The number of benzene rings is 1. The summed E-state index contributed by atoms with van der Waals surface area (Å²) < 4.78 is 25.1. The second-order valence-electron chi connectivity index (χ2n) is 5.92. The van der Waals surface area contributed by atoms with Crippen molar-refractivity contribution in [2.45, 2.75) is 37.0 Å². The van der Waals surface area contributed by atoms with Crippen molar-refractivity contribution < 1.29 is 13.5 Å². The van der Waals surface area contributed by atoms with E-state index in [2.05, 4.69) is 10.2 Å². The van der Waals surface area contributed by atoms with Crippen LogP contribution in [0.25, 0.3) is 0 Å². The molecule has 1 aliphatic heterocycles. The SMILES string of the molecule is Fc1cccc(C2(c3nnc(C4CC4)o3)CCOCC2)c1. The lowest BCUT2D eigenvalue weighted by Crippen LogP contribution is -2.35. The minimum absolute atomic E-state index is 0.236. The summed E-state index contributed by atoms with van der Waals surface area (Å²) >= 11 is 0. The molecule has 0 atom stereocenters. The number of hydrogen-bond acceptors (Lipinski definition) is 4. The maximum absolute atomic E-state index is 13.7. The van der Waals surface area contributed by atoms with Crippen molar-refractivity contribution in [1.82, 2.24) is 10.2 Å². The van der Waals surface area contributed by atoms with Crippen molar-refractivity contribution >= 4 is 0 Å². The summed E-state index contributed by atoms with van der Waals surface area (Å²) in [6.07, 6.45) is 3.72. The van der Waals surface area contributed by atoms with Crippen LogP contribution < -0.4 is 0 Å². The maximum atomic E-state index is 13.7. The summed E-state index contributed by atoms with van der Waals surface area (Å²) in [4.78, 5) is 0. The highest BCUT2D eigenvalue weighted by Crippen LogP contribution is 2.44. The molecule has 0 radical (unpaired) electrons. The van der Waals surface area contributed by atoms with Gasteiger partial charge >= 0.3 is 0 Å². The van der Waals surface area contributed by atoms with E-state index in [9.17, 15) is 4.39 Å². The molecule has 1 aromatic carbocycles. The van der Waals surface area contributed by atoms with E-state index in [1.807, 2.05) is 6.07 Å². The number of halogens is 1. The average Bonchev–Trinajstić information content (AvgIpc) is 3.25. The fourth-order valence-electron chi connectivity index (χ4n) is 3.06. The summed E-state index contributed by atoms with van der Waals surface area (Å²) in [5, 5.41) is 8.48. The van der Waals surface area contributed by atoms with Crippen LogP contribution in [-0.2, 0) is 10.2 Å². The first kappa shape index (κ1) is 13.0. The smallest absolute Gasteiger partial charge is 0.227 e. The lowest BCUT2D eigenvalue weighted by Gasteiger charge is -2.34. The molecule has 1 saturated heterocycles. The number of aromatic nitrogens is 2. The van der Waals surface area contributed by atoms with Gasteiger partial charge in [-0.1, -0.05) is 12.1 Å². The number of nitrogens with zero attached hydrogens (tertiary/aromatic N) is 2. The monoisotopic (exact) mass is 288 g/mol. The highest BCUT2D eigenvalue weighted by Gasteiger charge is 2.42. The van der Waals surface area contributed by atoms with Crippen LogP contribution in [0, 0.1) is 5.82 Å². The van der Waals surface area contributed by atoms with Crippen LogP contribution in [0.2, 0.25) is 0 Å². The van der Waals surface area contributed by atoms with Crippen molar-refractivity contribution in [3.63, 3.8) is 0 Å². The van der Waals surface area contributed by atoms with Gasteiger partial charge in [-0.2, -0.15) is 0 Å². The number of hydrogen-bond donors (Lipinski definition) is 0. The van der Waals surface area contributed by atoms with E-state index in [-0.39, 0.29) is 5.82 Å². The first-order valence-corrected chi connectivity index (χ1v) is 7.46. The third kappa shape index (κ3) is 2.25. The molecule has 0 unspecified atom stereocenters. The Bertz CT molecular complexity index is 645. The van der Waals surface area contributed by atoms with Crippen LogP contribution >= 0.6 is 0 Å². The Morgan fingerprint density at radius 1 is 1.14 bits per heavy atom. The van der Waals surface area contributed by atoms with E-state index < -0.39 is 5.41 Å². The predicted octanol–water partition coefficient (Wildman–Crippen LogP) is 3.18. The Kier molecular flexibility index (Phi) is 3.03. The largest absolute Gasteiger partial charge is 0.424 e. The molecule has 0 amide bonds. The summed E-state index contributed by atoms with van der Waals surface area (Å²) in [6, 6.07) is 6.71. The second-order valence-corrected chi connectivity index (χ2v) is 5.92. The van der Waals surface area contributed by atoms with Gasteiger partial charge in [0.2, 0.25) is 11.8 Å². The first-order chi connectivity index (χ1) is 10.3. The number of rotatable bonds is 3. The van der Waals surface area contributed by atoms with Crippen LogP contribution in [0.1, 0.15) is 48.9 Å². The van der Waals surface area contributed by atoms with Gasteiger partial charge in [-0.25, -0.2) is 4.39 Å². The minimum Gasteiger partial charge on any atom is -0.424 e. The van der Waals surface area contributed by atoms with E-state index >= 15 is 0 Å². The van der Waals surface area contributed by atoms with Gasteiger partial charge in [0.15, 0.2) is 0 Å². The Balaban J connectivity index is 1.78. The normalized spacial score (nSPS) is 21.4. The van der Waals surface area contributed by atoms with Gasteiger partial charge in [-0.3, -0.25) is 0 Å². The Labute approximate surface area is 122 Å². The summed E-state index contributed by atoms with van der Waals surface area (Å²) in [6.45, 7) is 1.25. The van der Waals surface area contributed by atoms with E-state index in [1.54, 1.807) is 12.1 Å². The standard InChI is InChI=1S/C16H17FN2O2/c17-13-3-1-2-12(10-13)16(6-8-20-9-7-16)15-19-18-14(21-15)11-4-5-11/h1-3,10-11H,4-9H2.